The molecule has 1 aliphatic rings. The van der Waals surface area contributed by atoms with Gasteiger partial charge in [0, 0.05) is 0 Å². The molecule has 3 heteroatoms. The standard InChI is InChI=1S/C11H22O2S/c1-11(2,3)8-4-6-10-7-5-9-14(10,12)13/h10H,4-9H2,1-3H3/t10-/m0/s1. The first kappa shape index (κ1) is 12.0. The second-order valence-electron chi connectivity index (χ2n) is 5.58. The van der Waals surface area contributed by atoms with E-state index >= 15 is 0 Å². The molecule has 1 rings (SSSR count). The van der Waals surface area contributed by atoms with Crippen LogP contribution in [0.2, 0.25) is 0 Å². The zero-order chi connectivity index (χ0) is 10.8. The van der Waals surface area contributed by atoms with Crippen molar-refractivity contribution in [1.29, 1.82) is 0 Å². The SMILES string of the molecule is CC(C)(C)CCC[C@H]1CCCS1(=O)=O. The zero-order valence-electron chi connectivity index (χ0n) is 9.54. The Balaban J connectivity index is 2.33. The third-order valence-corrected chi connectivity index (χ3v) is 5.26. The van der Waals surface area contributed by atoms with Gasteiger partial charge < -0.3 is 0 Å². The van der Waals surface area contributed by atoms with Gasteiger partial charge in [-0.2, -0.15) is 0 Å². The summed E-state index contributed by atoms with van der Waals surface area (Å²) in [4.78, 5) is 0. The maximum Gasteiger partial charge on any atom is 0.153 e. The van der Waals surface area contributed by atoms with Crippen molar-refractivity contribution in [1.82, 2.24) is 0 Å². The summed E-state index contributed by atoms with van der Waals surface area (Å²) in [5.74, 6) is 0.424. The van der Waals surface area contributed by atoms with Crippen molar-refractivity contribution in [2.75, 3.05) is 5.75 Å². The Morgan fingerprint density at radius 1 is 1.29 bits per heavy atom. The summed E-state index contributed by atoms with van der Waals surface area (Å²) in [6, 6.07) is 0. The summed E-state index contributed by atoms with van der Waals surface area (Å²) >= 11 is 0. The van der Waals surface area contributed by atoms with Gasteiger partial charge in [0.05, 0.1) is 11.0 Å². The molecule has 1 saturated heterocycles. The molecule has 0 radical (unpaired) electrons. The van der Waals surface area contributed by atoms with Gasteiger partial charge in [-0.3, -0.25) is 0 Å². The van der Waals surface area contributed by atoms with E-state index < -0.39 is 9.84 Å². The highest BCUT2D eigenvalue weighted by molar-refractivity contribution is 7.92. The predicted molar refractivity (Wildman–Crippen MR) is 60.1 cm³/mol. The third kappa shape index (κ3) is 3.60. The fourth-order valence-electron chi connectivity index (χ4n) is 2.04. The lowest BCUT2D eigenvalue weighted by Crippen LogP contribution is -2.16. The van der Waals surface area contributed by atoms with Gasteiger partial charge in [0.25, 0.3) is 0 Å². The molecule has 0 aliphatic carbocycles. The lowest BCUT2D eigenvalue weighted by Gasteiger charge is -2.18. The molecule has 0 aromatic carbocycles. The van der Waals surface area contributed by atoms with E-state index in [2.05, 4.69) is 20.8 Å². The van der Waals surface area contributed by atoms with E-state index in [1.165, 1.54) is 0 Å². The van der Waals surface area contributed by atoms with E-state index in [0.29, 0.717) is 11.2 Å². The monoisotopic (exact) mass is 218 g/mol. The molecule has 0 bridgehead atoms. The van der Waals surface area contributed by atoms with Crippen LogP contribution in [0.1, 0.15) is 52.9 Å². The van der Waals surface area contributed by atoms with Gasteiger partial charge in [-0.1, -0.05) is 27.2 Å². The van der Waals surface area contributed by atoms with Gasteiger partial charge >= 0.3 is 0 Å². The lowest BCUT2D eigenvalue weighted by molar-refractivity contribution is 0.358. The Morgan fingerprint density at radius 2 is 1.93 bits per heavy atom. The minimum atomic E-state index is -2.70. The van der Waals surface area contributed by atoms with Crippen LogP contribution in [0.3, 0.4) is 0 Å². The number of sulfone groups is 1. The molecule has 2 nitrogen and oxygen atoms in total. The van der Waals surface area contributed by atoms with E-state index in [9.17, 15) is 8.42 Å². The topological polar surface area (TPSA) is 34.1 Å². The number of rotatable bonds is 3. The summed E-state index contributed by atoms with van der Waals surface area (Å²) in [6.45, 7) is 6.61. The van der Waals surface area contributed by atoms with Crippen molar-refractivity contribution >= 4 is 9.84 Å². The van der Waals surface area contributed by atoms with Crippen LogP contribution in [0, 0.1) is 5.41 Å². The number of hydrogen-bond acceptors (Lipinski definition) is 2. The third-order valence-electron chi connectivity index (χ3n) is 2.92. The molecular formula is C11H22O2S. The van der Waals surface area contributed by atoms with Crippen molar-refractivity contribution in [3.63, 3.8) is 0 Å². The zero-order valence-corrected chi connectivity index (χ0v) is 10.4. The highest BCUT2D eigenvalue weighted by atomic mass is 32.2. The average molecular weight is 218 g/mol. The normalized spacial score (nSPS) is 26.6. The molecule has 0 unspecified atom stereocenters. The Kier molecular flexibility index (Phi) is 3.62. The minimum Gasteiger partial charge on any atom is -0.229 e. The van der Waals surface area contributed by atoms with Gasteiger partial charge in [0.2, 0.25) is 0 Å². The van der Waals surface area contributed by atoms with Gasteiger partial charge in [0.1, 0.15) is 0 Å². The lowest BCUT2D eigenvalue weighted by atomic mass is 9.89. The van der Waals surface area contributed by atoms with Crippen LogP contribution in [0.4, 0.5) is 0 Å². The Morgan fingerprint density at radius 3 is 2.36 bits per heavy atom. The molecule has 0 saturated carbocycles. The molecular weight excluding hydrogens is 196 g/mol. The van der Waals surface area contributed by atoms with Crippen LogP contribution in [0.15, 0.2) is 0 Å². The van der Waals surface area contributed by atoms with Gasteiger partial charge in [-0.05, 0) is 31.1 Å². The highest BCUT2D eigenvalue weighted by Gasteiger charge is 2.30. The van der Waals surface area contributed by atoms with E-state index in [1.807, 2.05) is 0 Å². The summed E-state index contributed by atoms with van der Waals surface area (Å²) in [5, 5.41) is -0.0233. The first-order valence-electron chi connectivity index (χ1n) is 5.53. The first-order chi connectivity index (χ1) is 6.31. The van der Waals surface area contributed by atoms with E-state index in [0.717, 1.165) is 32.1 Å². The fourth-order valence-corrected chi connectivity index (χ4v) is 4.00. The molecule has 84 valence electrons. The van der Waals surface area contributed by atoms with Crippen LogP contribution >= 0.6 is 0 Å². The van der Waals surface area contributed by atoms with Crippen LogP contribution < -0.4 is 0 Å². The van der Waals surface area contributed by atoms with Crippen LogP contribution in [0.25, 0.3) is 0 Å². The van der Waals surface area contributed by atoms with E-state index in [4.69, 9.17) is 0 Å². The molecule has 1 aliphatic heterocycles. The number of hydrogen-bond donors (Lipinski definition) is 0. The molecule has 1 heterocycles. The summed E-state index contributed by atoms with van der Waals surface area (Å²) in [5.41, 5.74) is 0.336. The quantitative estimate of drug-likeness (QED) is 0.730. The molecule has 0 spiro atoms. The fraction of sp³-hybridized carbons (Fsp3) is 1.00. The molecule has 0 aromatic rings. The van der Waals surface area contributed by atoms with E-state index in [-0.39, 0.29) is 5.25 Å². The smallest absolute Gasteiger partial charge is 0.153 e. The van der Waals surface area contributed by atoms with E-state index in [1.54, 1.807) is 0 Å². The largest absolute Gasteiger partial charge is 0.229 e. The Bertz CT molecular complexity index is 272. The van der Waals surface area contributed by atoms with Crippen LogP contribution in [0.5, 0.6) is 0 Å². The first-order valence-corrected chi connectivity index (χ1v) is 7.24. The molecule has 1 atom stereocenters. The second-order valence-corrected chi connectivity index (χ2v) is 7.98. The molecule has 1 fully saturated rings. The minimum absolute atomic E-state index is 0.0233. The van der Waals surface area contributed by atoms with Crippen molar-refractivity contribution in [2.45, 2.75) is 58.1 Å². The van der Waals surface area contributed by atoms with Gasteiger partial charge in [0.15, 0.2) is 9.84 Å². The van der Waals surface area contributed by atoms with Gasteiger partial charge in [-0.25, -0.2) is 8.42 Å². The molecule has 14 heavy (non-hydrogen) atoms. The summed E-state index contributed by atoms with van der Waals surface area (Å²) < 4.78 is 23.0. The maximum atomic E-state index is 11.5. The molecule has 0 aromatic heterocycles. The van der Waals surface area contributed by atoms with Crippen molar-refractivity contribution in [3.05, 3.63) is 0 Å². The van der Waals surface area contributed by atoms with Gasteiger partial charge in [-0.15, -0.1) is 0 Å². The predicted octanol–water partition coefficient (Wildman–Crippen LogP) is 2.78. The molecule has 0 N–H and O–H groups in total. The highest BCUT2D eigenvalue weighted by Crippen LogP contribution is 2.28. The van der Waals surface area contributed by atoms with Crippen LogP contribution in [-0.2, 0) is 9.84 Å². The average Bonchev–Trinajstić information content (AvgIpc) is 2.28. The second kappa shape index (κ2) is 4.21. The van der Waals surface area contributed by atoms with Crippen molar-refractivity contribution < 1.29 is 8.42 Å². The van der Waals surface area contributed by atoms with Crippen molar-refractivity contribution in [3.8, 4) is 0 Å². The van der Waals surface area contributed by atoms with Crippen LogP contribution in [-0.4, -0.2) is 19.4 Å². The summed E-state index contributed by atoms with van der Waals surface area (Å²) in [7, 11) is -2.70. The molecule has 0 amide bonds. The maximum absolute atomic E-state index is 11.5. The van der Waals surface area contributed by atoms with Crippen molar-refractivity contribution in [2.24, 2.45) is 5.41 Å². The Hall–Kier alpha value is -0.0500. The Labute approximate surface area is 88.0 Å². The summed E-state index contributed by atoms with van der Waals surface area (Å²) in [6.07, 6.45) is 4.82.